The number of aromatic nitrogens is 2. The molecule has 3 heterocycles. The van der Waals surface area contributed by atoms with Crippen LogP contribution in [-0.4, -0.2) is 47.8 Å². The van der Waals surface area contributed by atoms with Crippen LogP contribution >= 0.6 is 23.2 Å². The molecule has 0 spiro atoms. The van der Waals surface area contributed by atoms with Crippen LogP contribution in [0.3, 0.4) is 0 Å². The van der Waals surface area contributed by atoms with Gasteiger partial charge in [-0.3, -0.25) is 9.78 Å². The minimum absolute atomic E-state index is 0.0938. The molecule has 1 aromatic carbocycles. The number of carbonyl (C=O) groups is 1. The molecule has 1 fully saturated rings. The van der Waals surface area contributed by atoms with Gasteiger partial charge in [0.05, 0.1) is 28.6 Å². The van der Waals surface area contributed by atoms with Crippen molar-refractivity contribution in [2.45, 2.75) is 19.3 Å². The van der Waals surface area contributed by atoms with Gasteiger partial charge in [0.25, 0.3) is 0 Å². The fourth-order valence-electron chi connectivity index (χ4n) is 3.29. The van der Waals surface area contributed by atoms with Crippen LogP contribution in [0.5, 0.6) is 0 Å². The van der Waals surface area contributed by atoms with Gasteiger partial charge in [-0.05, 0) is 48.2 Å². The van der Waals surface area contributed by atoms with Crippen molar-refractivity contribution < 1.29 is 14.6 Å². The summed E-state index contributed by atoms with van der Waals surface area (Å²) < 4.78 is 4.47. The lowest BCUT2D eigenvalue weighted by Crippen LogP contribution is -2.19. The van der Waals surface area contributed by atoms with E-state index in [4.69, 9.17) is 33.3 Å². The van der Waals surface area contributed by atoms with Crippen LogP contribution in [0.4, 0.5) is 5.82 Å². The molecule has 0 aliphatic carbocycles. The van der Waals surface area contributed by atoms with Crippen LogP contribution in [0.2, 0.25) is 10.0 Å². The summed E-state index contributed by atoms with van der Waals surface area (Å²) in [5.41, 5.74) is 2.97. The Balaban J connectivity index is 0.000000318. The third-order valence-corrected chi connectivity index (χ3v) is 5.59. The second-order valence-electron chi connectivity index (χ2n) is 6.85. The average Bonchev–Trinajstić information content (AvgIpc) is 3.30. The summed E-state index contributed by atoms with van der Waals surface area (Å²) >= 11 is 12.6. The quantitative estimate of drug-likeness (QED) is 0.570. The van der Waals surface area contributed by atoms with E-state index >= 15 is 0 Å². The number of nitrogens with zero attached hydrogens (tertiary/aromatic N) is 3. The second kappa shape index (κ2) is 10.6. The van der Waals surface area contributed by atoms with Gasteiger partial charge in [-0.2, -0.15) is 0 Å². The molecule has 0 bridgehead atoms. The summed E-state index contributed by atoms with van der Waals surface area (Å²) in [4.78, 5) is 20.9. The van der Waals surface area contributed by atoms with Crippen molar-refractivity contribution in [1.82, 2.24) is 9.97 Å². The molecule has 1 aliphatic heterocycles. The number of benzene rings is 1. The molecule has 6 nitrogen and oxygen atoms in total. The molecule has 4 rings (SSSR count). The van der Waals surface area contributed by atoms with E-state index in [9.17, 15) is 4.79 Å². The molecule has 30 heavy (non-hydrogen) atoms. The maximum absolute atomic E-state index is 9.68. The molecule has 2 aromatic heterocycles. The van der Waals surface area contributed by atoms with Gasteiger partial charge >= 0.3 is 5.97 Å². The predicted octanol–water partition coefficient (Wildman–Crippen LogP) is 5.31. The number of anilines is 1. The third-order valence-electron chi connectivity index (χ3n) is 4.80. The first-order valence-corrected chi connectivity index (χ1v) is 10.4. The van der Waals surface area contributed by atoms with E-state index in [-0.39, 0.29) is 6.42 Å². The number of halogens is 2. The molecule has 1 aliphatic rings. The molecular weight excluding hydrogens is 425 g/mol. The van der Waals surface area contributed by atoms with Gasteiger partial charge in [0, 0.05) is 38.0 Å². The highest BCUT2D eigenvalue weighted by molar-refractivity contribution is 6.45. The number of aliphatic carboxylic acids is 1. The van der Waals surface area contributed by atoms with Crippen molar-refractivity contribution in [2.24, 2.45) is 0 Å². The third kappa shape index (κ3) is 5.39. The Labute approximate surface area is 185 Å². The van der Waals surface area contributed by atoms with Gasteiger partial charge in [0.15, 0.2) is 0 Å². The Morgan fingerprint density at radius 2 is 1.87 bits per heavy atom. The lowest BCUT2D eigenvalue weighted by molar-refractivity contribution is -0.137. The van der Waals surface area contributed by atoms with Crippen LogP contribution in [0.15, 0.2) is 42.7 Å². The minimum atomic E-state index is -0.818. The number of pyridine rings is 2. The number of rotatable bonds is 5. The summed E-state index contributed by atoms with van der Waals surface area (Å²) in [5.74, 6) is 0.146. The maximum atomic E-state index is 9.68. The van der Waals surface area contributed by atoms with Crippen LogP contribution in [0.25, 0.3) is 22.0 Å². The lowest BCUT2D eigenvalue weighted by Gasteiger charge is -2.19. The minimum Gasteiger partial charge on any atom is -0.481 e. The highest BCUT2D eigenvalue weighted by atomic mass is 35.5. The SMILES string of the molecule is COCCC(=O)O.Clc1ccc2c(-c3ccncc3)cc(N3CCCC3)nc2c1Cl. The number of methoxy groups -OCH3 is 1. The summed E-state index contributed by atoms with van der Waals surface area (Å²) in [6.07, 6.45) is 6.10. The first kappa shape index (κ1) is 22.3. The number of hydrogen-bond acceptors (Lipinski definition) is 5. The normalized spacial score (nSPS) is 13.2. The second-order valence-corrected chi connectivity index (χ2v) is 7.64. The molecule has 0 unspecified atom stereocenters. The number of carboxylic acids is 1. The predicted molar refractivity (Wildman–Crippen MR) is 121 cm³/mol. The molecule has 158 valence electrons. The molecule has 0 amide bonds. The fraction of sp³-hybridized carbons (Fsp3) is 0.318. The van der Waals surface area contributed by atoms with E-state index in [1.165, 1.54) is 20.0 Å². The molecule has 1 N–H and O–H groups in total. The summed E-state index contributed by atoms with van der Waals surface area (Å²) in [7, 11) is 1.48. The smallest absolute Gasteiger partial charge is 0.305 e. The summed E-state index contributed by atoms with van der Waals surface area (Å²) in [5, 5.41) is 10.0. The van der Waals surface area contributed by atoms with Gasteiger partial charge in [0.1, 0.15) is 5.82 Å². The number of hydrogen-bond donors (Lipinski definition) is 1. The largest absolute Gasteiger partial charge is 0.481 e. The van der Waals surface area contributed by atoms with Gasteiger partial charge in [-0.1, -0.05) is 29.3 Å². The Kier molecular flexibility index (Phi) is 7.85. The topological polar surface area (TPSA) is 75.6 Å². The standard InChI is InChI=1S/C18H15Cl2N3.C4H8O3/c19-15-4-3-13-14(12-5-7-21-8-6-12)11-16(22-18(13)17(15)20)23-9-1-2-10-23;1-7-3-2-4(5)6/h3-8,11H,1-2,9-10H2;2-3H2,1H3,(H,5,6). The van der Waals surface area contributed by atoms with Gasteiger partial charge in [-0.25, -0.2) is 4.98 Å². The molecular formula is C22H23Cl2N3O3. The van der Waals surface area contributed by atoms with E-state index < -0.39 is 5.97 Å². The zero-order valence-corrected chi connectivity index (χ0v) is 18.2. The zero-order valence-electron chi connectivity index (χ0n) is 16.6. The van der Waals surface area contributed by atoms with E-state index in [1.807, 2.05) is 24.3 Å². The Hall–Kier alpha value is -2.41. The Bertz CT molecular complexity index is 1010. The van der Waals surface area contributed by atoms with Gasteiger partial charge < -0.3 is 14.7 Å². The maximum Gasteiger partial charge on any atom is 0.305 e. The lowest BCUT2D eigenvalue weighted by atomic mass is 10.0. The Morgan fingerprint density at radius 1 is 1.17 bits per heavy atom. The average molecular weight is 448 g/mol. The van der Waals surface area contributed by atoms with Crippen molar-refractivity contribution in [3.63, 3.8) is 0 Å². The van der Waals surface area contributed by atoms with Crippen molar-refractivity contribution in [1.29, 1.82) is 0 Å². The van der Waals surface area contributed by atoms with Crippen molar-refractivity contribution in [3.05, 3.63) is 52.8 Å². The molecule has 0 saturated carbocycles. The van der Waals surface area contributed by atoms with Crippen molar-refractivity contribution in [2.75, 3.05) is 31.7 Å². The number of carboxylic acid groups (broad SMARTS) is 1. The van der Waals surface area contributed by atoms with Crippen LogP contribution < -0.4 is 4.90 Å². The fourth-order valence-corrected chi connectivity index (χ4v) is 3.65. The number of ether oxygens (including phenoxy) is 1. The van der Waals surface area contributed by atoms with E-state index in [0.29, 0.717) is 16.7 Å². The monoisotopic (exact) mass is 447 g/mol. The van der Waals surface area contributed by atoms with Gasteiger partial charge in [-0.15, -0.1) is 0 Å². The summed E-state index contributed by atoms with van der Waals surface area (Å²) in [6, 6.07) is 9.97. The van der Waals surface area contributed by atoms with Crippen LogP contribution in [-0.2, 0) is 9.53 Å². The Morgan fingerprint density at radius 3 is 2.47 bits per heavy atom. The van der Waals surface area contributed by atoms with Gasteiger partial charge in [0.2, 0.25) is 0 Å². The van der Waals surface area contributed by atoms with Crippen LogP contribution in [0, 0.1) is 0 Å². The first-order chi connectivity index (χ1) is 14.5. The highest BCUT2D eigenvalue weighted by Crippen LogP contribution is 2.37. The van der Waals surface area contributed by atoms with E-state index in [1.54, 1.807) is 12.4 Å². The molecule has 1 saturated heterocycles. The molecule has 0 atom stereocenters. The highest BCUT2D eigenvalue weighted by Gasteiger charge is 2.18. The zero-order chi connectivity index (χ0) is 21.5. The van der Waals surface area contributed by atoms with E-state index in [0.717, 1.165) is 40.9 Å². The number of fused-ring (bicyclic) bond motifs is 1. The summed E-state index contributed by atoms with van der Waals surface area (Å²) in [6.45, 7) is 2.37. The van der Waals surface area contributed by atoms with Crippen molar-refractivity contribution >= 4 is 45.9 Å². The molecule has 0 radical (unpaired) electrons. The van der Waals surface area contributed by atoms with Crippen LogP contribution in [0.1, 0.15) is 19.3 Å². The molecule has 3 aromatic rings. The van der Waals surface area contributed by atoms with Crippen molar-refractivity contribution in [3.8, 4) is 11.1 Å². The first-order valence-electron chi connectivity index (χ1n) is 9.66. The van der Waals surface area contributed by atoms with E-state index in [2.05, 4.69) is 20.7 Å². The molecule has 8 heteroatoms.